The molecule has 0 unspecified atom stereocenters. The molecule has 1 aliphatic heterocycles. The first-order valence-corrected chi connectivity index (χ1v) is 4.58. The van der Waals surface area contributed by atoms with Crippen LogP contribution in [0.1, 0.15) is 29.2 Å². The van der Waals surface area contributed by atoms with E-state index >= 15 is 0 Å². The highest BCUT2D eigenvalue weighted by Crippen LogP contribution is 2.28. The summed E-state index contributed by atoms with van der Waals surface area (Å²) in [6.45, 7) is 5.57. The van der Waals surface area contributed by atoms with Crippen LogP contribution in [0.5, 0.6) is 0 Å². The average molecular weight is 198 g/mol. The third-order valence-electron chi connectivity index (χ3n) is 2.71. The fourth-order valence-corrected chi connectivity index (χ4v) is 1.91. The molecular weight excluding hydrogens is 182 g/mol. The standard InChI is InChI=1S/C11H15N.ClH/c1-8-4-3-5-9(2)11(8)10-6-7-12-10;/h3-5,10,12H,6-7H2,1-2H3;1H/t10-;/m1./s1. The number of aryl methyl sites for hydroxylation is 2. The Morgan fingerprint density at radius 1 is 1.23 bits per heavy atom. The van der Waals surface area contributed by atoms with Crippen molar-refractivity contribution < 1.29 is 0 Å². The molecule has 0 bridgehead atoms. The summed E-state index contributed by atoms with van der Waals surface area (Å²) in [5, 5.41) is 3.44. The molecule has 1 fully saturated rings. The number of hydrogen-bond donors (Lipinski definition) is 1. The third kappa shape index (κ3) is 1.87. The lowest BCUT2D eigenvalue weighted by atomic mass is 9.90. The van der Waals surface area contributed by atoms with Gasteiger partial charge in [-0.05, 0) is 43.5 Å². The van der Waals surface area contributed by atoms with E-state index in [-0.39, 0.29) is 12.4 Å². The van der Waals surface area contributed by atoms with Crippen molar-refractivity contribution in [2.24, 2.45) is 0 Å². The third-order valence-corrected chi connectivity index (χ3v) is 2.71. The van der Waals surface area contributed by atoms with Crippen molar-refractivity contribution in [3.05, 3.63) is 34.9 Å². The van der Waals surface area contributed by atoms with Crippen LogP contribution in [0, 0.1) is 13.8 Å². The van der Waals surface area contributed by atoms with Crippen LogP contribution in [0.4, 0.5) is 0 Å². The molecule has 1 aromatic rings. The Morgan fingerprint density at radius 3 is 2.15 bits per heavy atom. The lowest BCUT2D eigenvalue weighted by molar-refractivity contribution is 0.380. The van der Waals surface area contributed by atoms with Gasteiger partial charge in [-0.15, -0.1) is 12.4 Å². The second kappa shape index (κ2) is 4.12. The zero-order chi connectivity index (χ0) is 8.55. The molecule has 0 spiro atoms. The highest BCUT2D eigenvalue weighted by molar-refractivity contribution is 5.85. The van der Waals surface area contributed by atoms with Crippen molar-refractivity contribution in [3.63, 3.8) is 0 Å². The van der Waals surface area contributed by atoms with Gasteiger partial charge in [-0.1, -0.05) is 18.2 Å². The molecule has 1 aromatic carbocycles. The van der Waals surface area contributed by atoms with E-state index in [1.807, 2.05) is 0 Å². The van der Waals surface area contributed by atoms with E-state index in [9.17, 15) is 0 Å². The van der Waals surface area contributed by atoms with E-state index in [0.29, 0.717) is 6.04 Å². The molecule has 1 N–H and O–H groups in total. The van der Waals surface area contributed by atoms with Crippen LogP contribution in [-0.4, -0.2) is 6.54 Å². The van der Waals surface area contributed by atoms with Gasteiger partial charge in [-0.25, -0.2) is 0 Å². The molecule has 0 amide bonds. The van der Waals surface area contributed by atoms with Gasteiger partial charge in [0, 0.05) is 6.04 Å². The van der Waals surface area contributed by atoms with Crippen LogP contribution < -0.4 is 5.32 Å². The van der Waals surface area contributed by atoms with Crippen molar-refractivity contribution >= 4 is 12.4 Å². The zero-order valence-electron chi connectivity index (χ0n) is 8.13. The summed E-state index contributed by atoms with van der Waals surface area (Å²) in [4.78, 5) is 0. The predicted octanol–water partition coefficient (Wildman–Crippen LogP) is 2.76. The molecule has 1 saturated heterocycles. The number of benzene rings is 1. The summed E-state index contributed by atoms with van der Waals surface area (Å²) in [6.07, 6.45) is 1.30. The first-order chi connectivity index (χ1) is 5.79. The average Bonchev–Trinajstić information content (AvgIpc) is 1.93. The van der Waals surface area contributed by atoms with Gasteiger partial charge in [0.25, 0.3) is 0 Å². The maximum absolute atomic E-state index is 3.44. The van der Waals surface area contributed by atoms with Gasteiger partial charge in [0.05, 0.1) is 0 Å². The normalized spacial score (nSPS) is 20.3. The van der Waals surface area contributed by atoms with Gasteiger partial charge in [0.2, 0.25) is 0 Å². The maximum Gasteiger partial charge on any atom is 0.0337 e. The molecule has 1 heterocycles. The van der Waals surface area contributed by atoms with E-state index in [4.69, 9.17) is 0 Å². The minimum Gasteiger partial charge on any atom is -0.310 e. The van der Waals surface area contributed by atoms with Crippen molar-refractivity contribution in [1.82, 2.24) is 5.32 Å². The SMILES string of the molecule is Cc1cccc(C)c1[C@H]1CCN1.Cl. The van der Waals surface area contributed by atoms with E-state index < -0.39 is 0 Å². The highest BCUT2D eigenvalue weighted by atomic mass is 35.5. The fourth-order valence-electron chi connectivity index (χ4n) is 1.91. The lowest BCUT2D eigenvalue weighted by Crippen LogP contribution is -2.35. The predicted molar refractivity (Wildman–Crippen MR) is 58.5 cm³/mol. The van der Waals surface area contributed by atoms with Crippen molar-refractivity contribution in [1.29, 1.82) is 0 Å². The zero-order valence-corrected chi connectivity index (χ0v) is 8.95. The van der Waals surface area contributed by atoms with Crippen molar-refractivity contribution in [2.75, 3.05) is 6.54 Å². The van der Waals surface area contributed by atoms with Crippen LogP contribution in [-0.2, 0) is 0 Å². The number of nitrogens with one attached hydrogen (secondary N) is 1. The second-order valence-electron chi connectivity index (χ2n) is 3.60. The van der Waals surface area contributed by atoms with Gasteiger partial charge < -0.3 is 5.32 Å². The largest absolute Gasteiger partial charge is 0.310 e. The second-order valence-corrected chi connectivity index (χ2v) is 3.60. The van der Waals surface area contributed by atoms with E-state index in [2.05, 4.69) is 37.4 Å². The molecule has 13 heavy (non-hydrogen) atoms. The smallest absolute Gasteiger partial charge is 0.0337 e. The lowest BCUT2D eigenvalue weighted by Gasteiger charge is -2.30. The van der Waals surface area contributed by atoms with Crippen LogP contribution in [0.25, 0.3) is 0 Å². The van der Waals surface area contributed by atoms with E-state index in [1.54, 1.807) is 0 Å². The number of hydrogen-bond acceptors (Lipinski definition) is 1. The minimum absolute atomic E-state index is 0. The van der Waals surface area contributed by atoms with Crippen LogP contribution in [0.2, 0.25) is 0 Å². The summed E-state index contributed by atoms with van der Waals surface area (Å²) >= 11 is 0. The fraction of sp³-hybridized carbons (Fsp3) is 0.455. The Kier molecular flexibility index (Phi) is 3.34. The molecule has 0 radical (unpaired) electrons. The molecule has 2 rings (SSSR count). The molecule has 1 atom stereocenters. The molecule has 0 saturated carbocycles. The molecular formula is C11H16ClN. The monoisotopic (exact) mass is 197 g/mol. The Labute approximate surface area is 86.0 Å². The van der Waals surface area contributed by atoms with Gasteiger partial charge in [-0.2, -0.15) is 0 Å². The van der Waals surface area contributed by atoms with E-state index in [1.165, 1.54) is 29.7 Å². The molecule has 1 aliphatic rings. The topological polar surface area (TPSA) is 12.0 Å². The minimum atomic E-state index is 0. The van der Waals surface area contributed by atoms with Gasteiger partial charge in [0.15, 0.2) is 0 Å². The maximum atomic E-state index is 3.44. The summed E-state index contributed by atoms with van der Waals surface area (Å²) in [7, 11) is 0. The summed E-state index contributed by atoms with van der Waals surface area (Å²) < 4.78 is 0. The number of rotatable bonds is 1. The van der Waals surface area contributed by atoms with Gasteiger partial charge in [0.1, 0.15) is 0 Å². The van der Waals surface area contributed by atoms with Gasteiger partial charge in [-0.3, -0.25) is 0 Å². The Bertz CT molecular complexity index is 272. The first-order valence-electron chi connectivity index (χ1n) is 4.58. The van der Waals surface area contributed by atoms with Gasteiger partial charge >= 0.3 is 0 Å². The summed E-state index contributed by atoms with van der Waals surface area (Å²) in [5.74, 6) is 0. The van der Waals surface area contributed by atoms with Crippen molar-refractivity contribution in [2.45, 2.75) is 26.3 Å². The Hall–Kier alpha value is -0.530. The highest BCUT2D eigenvalue weighted by Gasteiger charge is 2.21. The number of halogens is 1. The molecule has 0 aliphatic carbocycles. The van der Waals surface area contributed by atoms with Crippen LogP contribution in [0.15, 0.2) is 18.2 Å². The Morgan fingerprint density at radius 2 is 1.77 bits per heavy atom. The van der Waals surface area contributed by atoms with E-state index in [0.717, 1.165) is 0 Å². The summed E-state index contributed by atoms with van der Waals surface area (Å²) in [6, 6.07) is 7.16. The van der Waals surface area contributed by atoms with Crippen molar-refractivity contribution in [3.8, 4) is 0 Å². The molecule has 1 nitrogen and oxygen atoms in total. The summed E-state index contributed by atoms with van der Waals surface area (Å²) in [5.41, 5.74) is 4.36. The molecule has 0 aromatic heterocycles. The van der Waals surface area contributed by atoms with Crippen LogP contribution in [0.3, 0.4) is 0 Å². The first kappa shape index (κ1) is 10.6. The van der Waals surface area contributed by atoms with Crippen LogP contribution >= 0.6 is 12.4 Å². The quantitative estimate of drug-likeness (QED) is 0.730. The Balaban J connectivity index is 0.000000845. The molecule has 72 valence electrons. The molecule has 2 heteroatoms.